The molecule has 2 heterocycles. The largest absolute Gasteiger partial charge is 0.463 e. The molecule has 4 rings (SSSR count). The van der Waals surface area contributed by atoms with Crippen molar-refractivity contribution in [3.8, 4) is 5.69 Å². The Morgan fingerprint density at radius 1 is 1.29 bits per heavy atom. The molecule has 0 bridgehead atoms. The molecule has 2 aliphatic rings. The number of cyclic esters (lactones) is 1. The van der Waals surface area contributed by atoms with E-state index in [1.807, 2.05) is 0 Å². The summed E-state index contributed by atoms with van der Waals surface area (Å²) in [6, 6.07) is 5.94. The first-order valence-electron chi connectivity index (χ1n) is 7.88. The lowest BCUT2D eigenvalue weighted by molar-refractivity contribution is -0.145. The van der Waals surface area contributed by atoms with Crippen LogP contribution in [0.15, 0.2) is 24.3 Å². The summed E-state index contributed by atoms with van der Waals surface area (Å²) >= 11 is 0. The fraction of sp³-hybridized carbons (Fsp3) is 0.353. The third kappa shape index (κ3) is 2.46. The fourth-order valence-electron chi connectivity index (χ4n) is 3.17. The highest BCUT2D eigenvalue weighted by atomic mass is 19.1. The molecule has 0 amide bonds. The topological polar surface area (TPSA) is 70.4 Å². The summed E-state index contributed by atoms with van der Waals surface area (Å²) in [4.78, 5) is 23.9. The Kier molecular flexibility index (Phi) is 3.55. The van der Waals surface area contributed by atoms with Crippen LogP contribution in [0.1, 0.15) is 34.6 Å². The molecule has 1 aromatic carbocycles. The normalized spacial score (nSPS) is 19.2. The zero-order valence-corrected chi connectivity index (χ0v) is 12.8. The van der Waals surface area contributed by atoms with E-state index in [2.05, 4.69) is 5.10 Å². The number of benzene rings is 1. The van der Waals surface area contributed by atoms with Gasteiger partial charge in [-0.1, -0.05) is 0 Å². The number of rotatable bonds is 3. The Labute approximate surface area is 137 Å². The number of ether oxygens (including phenoxy) is 2. The van der Waals surface area contributed by atoms with Gasteiger partial charge in [-0.2, -0.15) is 5.10 Å². The van der Waals surface area contributed by atoms with Crippen molar-refractivity contribution >= 4 is 11.9 Å². The monoisotopic (exact) mass is 330 g/mol. The molecule has 1 fully saturated rings. The predicted octanol–water partition coefficient (Wildman–Crippen LogP) is 1.97. The summed E-state index contributed by atoms with van der Waals surface area (Å²) in [6.07, 6.45) is 1.95. The average Bonchev–Trinajstić information content (AvgIpc) is 3.26. The van der Waals surface area contributed by atoms with E-state index in [0.29, 0.717) is 12.1 Å². The van der Waals surface area contributed by atoms with E-state index in [0.717, 1.165) is 30.5 Å². The van der Waals surface area contributed by atoms with Gasteiger partial charge in [-0.25, -0.2) is 18.7 Å². The van der Waals surface area contributed by atoms with Gasteiger partial charge in [-0.05, 0) is 43.5 Å². The molecule has 6 nitrogen and oxygen atoms in total. The Morgan fingerprint density at radius 2 is 2.08 bits per heavy atom. The van der Waals surface area contributed by atoms with Crippen LogP contribution in [-0.4, -0.2) is 34.4 Å². The highest BCUT2D eigenvalue weighted by molar-refractivity contribution is 5.92. The van der Waals surface area contributed by atoms with Gasteiger partial charge in [0.15, 0.2) is 5.69 Å². The van der Waals surface area contributed by atoms with Gasteiger partial charge >= 0.3 is 11.9 Å². The number of carbonyl (C=O) groups is 2. The molecular weight excluding hydrogens is 315 g/mol. The number of nitrogens with zero attached hydrogens (tertiary/aromatic N) is 2. The Balaban J connectivity index is 1.67. The van der Waals surface area contributed by atoms with Crippen molar-refractivity contribution in [3.05, 3.63) is 47.0 Å². The SMILES string of the molecule is O=C(OC1CCOC1=O)c1nn(-c2ccc(F)cc2)c2c1CCC2. The Morgan fingerprint density at radius 3 is 2.79 bits per heavy atom. The summed E-state index contributed by atoms with van der Waals surface area (Å²) in [5.41, 5.74) is 2.69. The van der Waals surface area contributed by atoms with Crippen molar-refractivity contribution < 1.29 is 23.5 Å². The van der Waals surface area contributed by atoms with Crippen LogP contribution in [0.3, 0.4) is 0 Å². The van der Waals surface area contributed by atoms with Crippen LogP contribution in [0.2, 0.25) is 0 Å². The minimum atomic E-state index is -0.856. The molecule has 1 saturated heterocycles. The second-order valence-corrected chi connectivity index (χ2v) is 5.87. The molecule has 0 radical (unpaired) electrons. The molecule has 0 N–H and O–H groups in total. The van der Waals surface area contributed by atoms with Crippen molar-refractivity contribution in [2.75, 3.05) is 6.61 Å². The molecule has 1 aliphatic carbocycles. The second kappa shape index (κ2) is 5.74. The molecule has 0 spiro atoms. The summed E-state index contributed by atoms with van der Waals surface area (Å²) in [5.74, 6) is -1.46. The van der Waals surface area contributed by atoms with Gasteiger partial charge in [0.05, 0.1) is 12.3 Å². The van der Waals surface area contributed by atoms with Crippen molar-refractivity contribution in [2.24, 2.45) is 0 Å². The second-order valence-electron chi connectivity index (χ2n) is 5.87. The minimum absolute atomic E-state index is 0.228. The zero-order valence-electron chi connectivity index (χ0n) is 12.8. The molecule has 124 valence electrons. The van der Waals surface area contributed by atoms with E-state index < -0.39 is 18.0 Å². The van der Waals surface area contributed by atoms with Gasteiger partial charge in [0, 0.05) is 17.7 Å². The number of aromatic nitrogens is 2. The number of fused-ring (bicyclic) bond motifs is 1. The van der Waals surface area contributed by atoms with Crippen molar-refractivity contribution in [2.45, 2.75) is 31.8 Å². The first-order chi connectivity index (χ1) is 11.6. The third-order valence-corrected chi connectivity index (χ3v) is 4.33. The van der Waals surface area contributed by atoms with Gasteiger partial charge < -0.3 is 9.47 Å². The number of carbonyl (C=O) groups excluding carboxylic acids is 2. The summed E-state index contributed by atoms with van der Waals surface area (Å²) < 4.78 is 24.8. The lowest BCUT2D eigenvalue weighted by Crippen LogP contribution is -2.23. The molecule has 2 aromatic rings. The Bertz CT molecular complexity index is 813. The third-order valence-electron chi connectivity index (χ3n) is 4.33. The first kappa shape index (κ1) is 14.9. The lowest BCUT2D eigenvalue weighted by Gasteiger charge is -2.07. The maximum Gasteiger partial charge on any atom is 0.360 e. The molecule has 1 unspecified atom stereocenters. The van der Waals surface area contributed by atoms with E-state index in [-0.39, 0.29) is 18.1 Å². The van der Waals surface area contributed by atoms with E-state index in [1.165, 1.54) is 12.1 Å². The fourth-order valence-corrected chi connectivity index (χ4v) is 3.17. The number of esters is 2. The highest BCUT2D eigenvalue weighted by Crippen LogP contribution is 2.29. The van der Waals surface area contributed by atoms with Crippen LogP contribution < -0.4 is 0 Å². The predicted molar refractivity (Wildman–Crippen MR) is 80.3 cm³/mol. The van der Waals surface area contributed by atoms with Gasteiger partial charge in [0.1, 0.15) is 5.82 Å². The maximum absolute atomic E-state index is 13.1. The van der Waals surface area contributed by atoms with Gasteiger partial charge in [0.2, 0.25) is 6.10 Å². The van der Waals surface area contributed by atoms with Crippen LogP contribution in [0, 0.1) is 5.82 Å². The summed E-state index contributed by atoms with van der Waals surface area (Å²) in [7, 11) is 0. The number of hydrogen-bond acceptors (Lipinski definition) is 5. The minimum Gasteiger partial charge on any atom is -0.463 e. The molecule has 0 saturated carbocycles. The van der Waals surface area contributed by atoms with E-state index >= 15 is 0 Å². The van der Waals surface area contributed by atoms with Gasteiger partial charge in [0.25, 0.3) is 0 Å². The zero-order chi connectivity index (χ0) is 16.7. The number of halogens is 1. The summed E-state index contributed by atoms with van der Waals surface area (Å²) in [5, 5.41) is 4.37. The van der Waals surface area contributed by atoms with Gasteiger partial charge in [-0.3, -0.25) is 0 Å². The van der Waals surface area contributed by atoms with Crippen molar-refractivity contribution in [1.29, 1.82) is 0 Å². The van der Waals surface area contributed by atoms with Crippen molar-refractivity contribution in [3.63, 3.8) is 0 Å². The lowest BCUT2D eigenvalue weighted by atomic mass is 10.2. The quantitative estimate of drug-likeness (QED) is 0.805. The molecule has 1 aliphatic heterocycles. The standard InChI is InChI=1S/C17H15FN2O4/c18-10-4-6-11(7-5-10)20-13-3-1-2-12(13)15(19-20)17(22)24-14-8-9-23-16(14)21/h4-7,14H,1-3,8-9H2. The number of hydrogen-bond donors (Lipinski definition) is 0. The van der Waals surface area contributed by atoms with E-state index in [4.69, 9.17) is 9.47 Å². The Hall–Kier alpha value is -2.70. The molecule has 1 atom stereocenters. The first-order valence-corrected chi connectivity index (χ1v) is 7.88. The molecule has 24 heavy (non-hydrogen) atoms. The van der Waals surface area contributed by atoms with Crippen molar-refractivity contribution in [1.82, 2.24) is 9.78 Å². The van der Waals surface area contributed by atoms with Crippen LogP contribution in [0.5, 0.6) is 0 Å². The van der Waals surface area contributed by atoms with E-state index in [1.54, 1.807) is 16.8 Å². The van der Waals surface area contributed by atoms with E-state index in [9.17, 15) is 14.0 Å². The average molecular weight is 330 g/mol. The molecule has 7 heteroatoms. The highest BCUT2D eigenvalue weighted by Gasteiger charge is 2.34. The van der Waals surface area contributed by atoms with Crippen LogP contribution in [0.4, 0.5) is 4.39 Å². The molecular formula is C17H15FN2O4. The van der Waals surface area contributed by atoms with Crippen LogP contribution in [-0.2, 0) is 27.1 Å². The molecule has 1 aromatic heterocycles. The van der Waals surface area contributed by atoms with Crippen LogP contribution >= 0.6 is 0 Å². The summed E-state index contributed by atoms with van der Waals surface area (Å²) in [6.45, 7) is 0.263. The smallest absolute Gasteiger partial charge is 0.360 e. The van der Waals surface area contributed by atoms with Crippen LogP contribution in [0.25, 0.3) is 5.69 Å². The maximum atomic E-state index is 13.1. The van der Waals surface area contributed by atoms with Gasteiger partial charge in [-0.15, -0.1) is 0 Å².